The number of rotatable bonds is 5. The van der Waals surface area contributed by atoms with Gasteiger partial charge in [0.05, 0.1) is 41.0 Å². The minimum Gasteiger partial charge on any atom is -0.306 e. The Morgan fingerprint density at radius 2 is 2.00 bits per heavy atom. The van der Waals surface area contributed by atoms with E-state index in [9.17, 15) is 13.2 Å². The van der Waals surface area contributed by atoms with Gasteiger partial charge in [0.25, 0.3) is 5.91 Å². The van der Waals surface area contributed by atoms with Crippen LogP contribution in [0.4, 0.5) is 5.69 Å². The van der Waals surface area contributed by atoms with Crippen molar-refractivity contribution in [3.63, 3.8) is 0 Å². The summed E-state index contributed by atoms with van der Waals surface area (Å²) in [5.41, 5.74) is 1.69. The van der Waals surface area contributed by atoms with Gasteiger partial charge in [-0.25, -0.2) is 18.1 Å². The summed E-state index contributed by atoms with van der Waals surface area (Å²) in [6.07, 6.45) is 9.55. The maximum Gasteiger partial charge on any atom is 0.263 e. The van der Waals surface area contributed by atoms with E-state index in [1.807, 2.05) is 20.2 Å². The van der Waals surface area contributed by atoms with Crippen LogP contribution in [0.5, 0.6) is 0 Å². The van der Waals surface area contributed by atoms with Crippen molar-refractivity contribution in [3.05, 3.63) is 41.7 Å². The van der Waals surface area contributed by atoms with E-state index in [0.717, 1.165) is 49.8 Å². The van der Waals surface area contributed by atoms with Crippen molar-refractivity contribution in [3.8, 4) is 0 Å². The van der Waals surface area contributed by atoms with Gasteiger partial charge in [0.2, 0.25) is 16.0 Å². The van der Waals surface area contributed by atoms with E-state index >= 15 is 0 Å². The van der Waals surface area contributed by atoms with Crippen molar-refractivity contribution in [1.82, 2.24) is 19.4 Å². The second-order valence-corrected chi connectivity index (χ2v) is 11.7. The van der Waals surface area contributed by atoms with E-state index in [2.05, 4.69) is 14.7 Å². The van der Waals surface area contributed by atoms with Gasteiger partial charge in [0, 0.05) is 24.3 Å². The molecular formula is C23H28N6O3S. The minimum absolute atomic E-state index is 0.129. The monoisotopic (exact) mass is 468 g/mol. The van der Waals surface area contributed by atoms with Crippen LogP contribution in [0.1, 0.15) is 61.4 Å². The molecule has 10 heteroatoms. The zero-order valence-corrected chi connectivity index (χ0v) is 19.7. The highest BCUT2D eigenvalue weighted by Crippen LogP contribution is 2.42. The fourth-order valence-electron chi connectivity index (χ4n) is 5.24. The second-order valence-electron chi connectivity index (χ2n) is 9.98. The number of carbonyl (C=O) groups excluding carboxylic acids is 1. The largest absolute Gasteiger partial charge is 0.306 e. The lowest BCUT2D eigenvalue weighted by Crippen LogP contribution is -2.53. The maximum atomic E-state index is 13.7. The lowest BCUT2D eigenvalue weighted by atomic mass is 9.90. The number of hydrogen-bond acceptors (Lipinski definition) is 6. The Labute approximate surface area is 193 Å². The van der Waals surface area contributed by atoms with Crippen LogP contribution in [0.3, 0.4) is 0 Å². The van der Waals surface area contributed by atoms with E-state index in [1.165, 1.54) is 6.07 Å². The number of sulfonamides is 1. The average molecular weight is 469 g/mol. The average Bonchev–Trinajstić information content (AvgIpc) is 3.18. The molecule has 6 rings (SSSR count). The number of hydrogen-bond donors (Lipinski definition) is 1. The van der Waals surface area contributed by atoms with Crippen molar-refractivity contribution in [2.24, 2.45) is 12.0 Å². The number of nitrogens with one attached hydrogen (secondary N) is 1. The standard InChI is InChI=1S/C23H28N6O3S/c1-23(9-10-23)26-33(31,32)16-7-8-19-17(11-16)21(30)28(14-15-12-24-27(2)13-15)22-25-18-5-3-4-6-20(18)29(19)22/h7-8,11-13,18,20,26H,3-6,9-10,14H2,1-2H3/t18-,20+/m0/s1. The molecule has 0 bridgehead atoms. The first kappa shape index (κ1) is 20.9. The van der Waals surface area contributed by atoms with Crippen LogP contribution in [0.15, 0.2) is 40.5 Å². The van der Waals surface area contributed by atoms with Gasteiger partial charge in [0.15, 0.2) is 0 Å². The van der Waals surface area contributed by atoms with Crippen LogP contribution in [0.25, 0.3) is 0 Å². The quantitative estimate of drug-likeness (QED) is 0.726. The minimum atomic E-state index is -3.71. The van der Waals surface area contributed by atoms with Gasteiger partial charge < -0.3 is 4.90 Å². The summed E-state index contributed by atoms with van der Waals surface area (Å²) in [5, 5.41) is 4.23. The molecule has 2 aliphatic heterocycles. The lowest BCUT2D eigenvalue weighted by Gasteiger charge is -2.40. The Morgan fingerprint density at radius 3 is 2.73 bits per heavy atom. The van der Waals surface area contributed by atoms with Gasteiger partial charge in [-0.2, -0.15) is 5.10 Å². The van der Waals surface area contributed by atoms with Gasteiger partial charge in [-0.15, -0.1) is 0 Å². The number of aryl methyl sites for hydroxylation is 1. The van der Waals surface area contributed by atoms with Crippen molar-refractivity contribution >= 4 is 27.6 Å². The zero-order chi connectivity index (χ0) is 23.0. The van der Waals surface area contributed by atoms with E-state index < -0.39 is 10.0 Å². The number of amides is 1. The van der Waals surface area contributed by atoms with Gasteiger partial charge in [-0.3, -0.25) is 14.4 Å². The fourth-order valence-corrected chi connectivity index (χ4v) is 6.73. The summed E-state index contributed by atoms with van der Waals surface area (Å²) in [5.74, 6) is 0.449. The van der Waals surface area contributed by atoms with Crippen LogP contribution in [-0.4, -0.2) is 52.6 Å². The smallest absolute Gasteiger partial charge is 0.263 e. The van der Waals surface area contributed by atoms with Crippen molar-refractivity contribution < 1.29 is 13.2 Å². The third-order valence-corrected chi connectivity index (χ3v) is 8.89. The van der Waals surface area contributed by atoms with Crippen molar-refractivity contribution in [2.75, 3.05) is 4.90 Å². The predicted octanol–water partition coefficient (Wildman–Crippen LogP) is 2.39. The van der Waals surface area contributed by atoms with Crippen LogP contribution in [0, 0.1) is 0 Å². The van der Waals surface area contributed by atoms with Gasteiger partial charge in [-0.05, 0) is 50.8 Å². The highest BCUT2D eigenvalue weighted by Gasteiger charge is 2.47. The second kappa shape index (κ2) is 7.14. The molecule has 4 aliphatic rings. The molecule has 0 spiro atoms. The predicted molar refractivity (Wildman–Crippen MR) is 123 cm³/mol. The number of nitrogens with zero attached hydrogens (tertiary/aromatic N) is 5. The molecule has 1 N–H and O–H groups in total. The highest BCUT2D eigenvalue weighted by atomic mass is 32.2. The molecule has 2 atom stereocenters. The molecule has 0 radical (unpaired) electrons. The van der Waals surface area contributed by atoms with Gasteiger partial charge in [-0.1, -0.05) is 12.8 Å². The SMILES string of the molecule is Cn1cc(CN2C(=O)c3cc(S(=O)(=O)NC4(C)CC4)ccc3N3C2=N[C@H]2CCCC[C@H]23)cn1. The Balaban J connectivity index is 1.43. The molecule has 2 aromatic rings. The third kappa shape index (κ3) is 3.47. The molecule has 1 aromatic carbocycles. The first-order valence-corrected chi connectivity index (χ1v) is 13.1. The summed E-state index contributed by atoms with van der Waals surface area (Å²) in [6.45, 7) is 2.24. The summed E-state index contributed by atoms with van der Waals surface area (Å²) < 4.78 is 30.6. The van der Waals surface area contributed by atoms with E-state index in [1.54, 1.807) is 27.9 Å². The molecule has 3 heterocycles. The van der Waals surface area contributed by atoms with Crippen molar-refractivity contribution in [2.45, 2.75) is 74.5 Å². The highest BCUT2D eigenvalue weighted by molar-refractivity contribution is 7.89. The molecule has 1 aromatic heterocycles. The molecule has 2 fully saturated rings. The molecule has 1 amide bonds. The van der Waals surface area contributed by atoms with Crippen LogP contribution >= 0.6 is 0 Å². The van der Waals surface area contributed by atoms with E-state index in [4.69, 9.17) is 4.99 Å². The lowest BCUT2D eigenvalue weighted by molar-refractivity contribution is 0.0832. The van der Waals surface area contributed by atoms with Crippen molar-refractivity contribution in [1.29, 1.82) is 0 Å². The van der Waals surface area contributed by atoms with Crippen LogP contribution in [-0.2, 0) is 23.6 Å². The first-order chi connectivity index (χ1) is 15.7. The zero-order valence-electron chi connectivity index (χ0n) is 18.9. The van der Waals surface area contributed by atoms with E-state index in [-0.39, 0.29) is 28.4 Å². The molecule has 174 valence electrons. The molecule has 2 aliphatic carbocycles. The fraction of sp³-hybridized carbons (Fsp3) is 0.522. The number of guanidine groups is 1. The number of benzene rings is 1. The molecular weight excluding hydrogens is 440 g/mol. The van der Waals surface area contributed by atoms with E-state index in [0.29, 0.717) is 18.1 Å². The van der Waals surface area contributed by atoms with Gasteiger partial charge in [0.1, 0.15) is 0 Å². The molecule has 33 heavy (non-hydrogen) atoms. The number of aliphatic imine (C=N–C) groups is 1. The van der Waals surface area contributed by atoms with Crippen LogP contribution < -0.4 is 9.62 Å². The Kier molecular flexibility index (Phi) is 4.51. The maximum absolute atomic E-state index is 13.7. The van der Waals surface area contributed by atoms with Crippen LogP contribution in [0.2, 0.25) is 0 Å². The molecule has 9 nitrogen and oxygen atoms in total. The number of carbonyl (C=O) groups is 1. The van der Waals surface area contributed by atoms with Gasteiger partial charge >= 0.3 is 0 Å². The Morgan fingerprint density at radius 1 is 1.21 bits per heavy atom. The normalized spacial score (nSPS) is 25.4. The summed E-state index contributed by atoms with van der Waals surface area (Å²) in [7, 11) is -1.87. The number of aromatic nitrogens is 2. The Bertz CT molecular complexity index is 1280. The summed E-state index contributed by atoms with van der Waals surface area (Å²) >= 11 is 0. The Hall–Kier alpha value is -2.72. The molecule has 2 saturated carbocycles. The topological polar surface area (TPSA) is 99.9 Å². The molecule has 0 saturated heterocycles. The summed E-state index contributed by atoms with van der Waals surface area (Å²) in [4.78, 5) is 22.7. The summed E-state index contributed by atoms with van der Waals surface area (Å²) in [6, 6.07) is 5.29. The number of anilines is 1. The third-order valence-electron chi connectivity index (χ3n) is 7.26. The first-order valence-electron chi connectivity index (χ1n) is 11.6. The number of fused-ring (bicyclic) bond motifs is 5. The molecule has 0 unspecified atom stereocenters.